The van der Waals surface area contributed by atoms with Crippen molar-refractivity contribution in [1.82, 2.24) is 9.88 Å². The predicted molar refractivity (Wildman–Crippen MR) is 114 cm³/mol. The number of carbonyl (C=O) groups is 2. The van der Waals surface area contributed by atoms with Crippen LogP contribution in [0.2, 0.25) is 0 Å². The third-order valence-electron chi connectivity index (χ3n) is 6.32. The van der Waals surface area contributed by atoms with Gasteiger partial charge >= 0.3 is 0 Å². The Morgan fingerprint density at radius 1 is 1.14 bits per heavy atom. The summed E-state index contributed by atoms with van der Waals surface area (Å²) in [4.78, 5) is 33.0. The second-order valence-electron chi connectivity index (χ2n) is 8.06. The fourth-order valence-electron chi connectivity index (χ4n) is 4.65. The van der Waals surface area contributed by atoms with Crippen molar-refractivity contribution in [2.24, 2.45) is 5.92 Å². The van der Waals surface area contributed by atoms with E-state index in [4.69, 9.17) is 0 Å². The molecule has 1 saturated heterocycles. The van der Waals surface area contributed by atoms with Crippen LogP contribution in [0.3, 0.4) is 0 Å². The maximum atomic E-state index is 13.2. The van der Waals surface area contributed by atoms with E-state index in [2.05, 4.69) is 36.2 Å². The number of amides is 2. The summed E-state index contributed by atoms with van der Waals surface area (Å²) in [7, 11) is 0. The molecule has 5 rings (SSSR count). The van der Waals surface area contributed by atoms with E-state index in [1.54, 1.807) is 4.90 Å². The lowest BCUT2D eigenvalue weighted by atomic mass is 10.0. The fourth-order valence-corrected chi connectivity index (χ4v) is 4.65. The number of H-pyrrole nitrogens is 1. The second-order valence-corrected chi connectivity index (χ2v) is 8.06. The van der Waals surface area contributed by atoms with Crippen LogP contribution in [0.25, 0.3) is 10.9 Å². The highest BCUT2D eigenvalue weighted by Gasteiger charge is 2.38. The summed E-state index contributed by atoms with van der Waals surface area (Å²) >= 11 is 0. The zero-order chi connectivity index (χ0) is 20.0. The van der Waals surface area contributed by atoms with Crippen molar-refractivity contribution >= 4 is 28.4 Å². The average Bonchev–Trinajstić information content (AvgIpc) is 3.33. The van der Waals surface area contributed by atoms with Gasteiger partial charge in [-0.1, -0.05) is 37.3 Å². The van der Waals surface area contributed by atoms with Crippen LogP contribution in [0.15, 0.2) is 48.5 Å². The lowest BCUT2D eigenvalue weighted by molar-refractivity contribution is -0.136. The molecular formula is C24H25N3O2. The van der Waals surface area contributed by atoms with Gasteiger partial charge in [0.25, 0.3) is 0 Å². The van der Waals surface area contributed by atoms with Crippen LogP contribution >= 0.6 is 0 Å². The van der Waals surface area contributed by atoms with Crippen LogP contribution in [-0.4, -0.2) is 34.8 Å². The molecule has 1 unspecified atom stereocenters. The molecule has 1 N–H and O–H groups in total. The molecule has 3 aromatic rings. The van der Waals surface area contributed by atoms with E-state index < -0.39 is 0 Å². The van der Waals surface area contributed by atoms with Crippen molar-refractivity contribution in [1.29, 1.82) is 0 Å². The zero-order valence-corrected chi connectivity index (χ0v) is 16.6. The topological polar surface area (TPSA) is 56.4 Å². The van der Waals surface area contributed by atoms with E-state index in [0.717, 1.165) is 24.0 Å². The number of fused-ring (bicyclic) bond motifs is 3. The first-order chi connectivity index (χ1) is 14.1. The van der Waals surface area contributed by atoms with E-state index in [1.807, 2.05) is 29.2 Å². The molecule has 0 saturated carbocycles. The average molecular weight is 387 g/mol. The highest BCUT2D eigenvalue weighted by atomic mass is 16.2. The lowest BCUT2D eigenvalue weighted by Crippen LogP contribution is -2.40. The van der Waals surface area contributed by atoms with E-state index >= 15 is 0 Å². The number of nitrogens with one attached hydrogen (secondary N) is 1. The van der Waals surface area contributed by atoms with Gasteiger partial charge in [-0.2, -0.15) is 0 Å². The maximum absolute atomic E-state index is 13.2. The van der Waals surface area contributed by atoms with Crippen molar-refractivity contribution in [3.63, 3.8) is 0 Å². The molecule has 2 amide bonds. The molecule has 2 aromatic carbocycles. The Morgan fingerprint density at radius 3 is 2.72 bits per heavy atom. The van der Waals surface area contributed by atoms with E-state index in [0.29, 0.717) is 26.1 Å². The summed E-state index contributed by atoms with van der Waals surface area (Å²) < 4.78 is 0. The molecule has 2 aliphatic heterocycles. The number of aryl methyl sites for hydroxylation is 1. The van der Waals surface area contributed by atoms with Crippen LogP contribution in [0, 0.1) is 5.92 Å². The van der Waals surface area contributed by atoms with Gasteiger partial charge in [0.2, 0.25) is 11.8 Å². The number of nitrogens with zero attached hydrogens (tertiary/aromatic N) is 2. The first kappa shape index (κ1) is 18.0. The van der Waals surface area contributed by atoms with E-state index in [9.17, 15) is 9.59 Å². The van der Waals surface area contributed by atoms with Crippen LogP contribution in [-0.2, 0) is 29.0 Å². The standard InChI is InChI=1S/C24H25N3O2/c1-2-16-7-9-18(10-8-16)27-14-17(13-23(27)28)24(29)26-12-11-22-20(15-26)19-5-3-4-6-21(19)25-22/h3-10,17,25H,2,11-15H2,1H3. The Morgan fingerprint density at radius 2 is 1.93 bits per heavy atom. The van der Waals surface area contributed by atoms with Gasteiger partial charge in [0.1, 0.15) is 0 Å². The maximum Gasteiger partial charge on any atom is 0.228 e. The normalized spacial score (nSPS) is 19.1. The molecule has 29 heavy (non-hydrogen) atoms. The van der Waals surface area contributed by atoms with Crippen molar-refractivity contribution in [3.05, 3.63) is 65.4 Å². The van der Waals surface area contributed by atoms with Crippen molar-refractivity contribution in [3.8, 4) is 0 Å². The SMILES string of the molecule is CCc1ccc(N2CC(C(=O)N3CCc4[nH]c5ccccc5c4C3)CC2=O)cc1. The van der Waals surface area contributed by atoms with E-state index in [-0.39, 0.29) is 17.7 Å². The molecule has 1 atom stereocenters. The monoisotopic (exact) mass is 387 g/mol. The fraction of sp³-hybridized carbons (Fsp3) is 0.333. The minimum Gasteiger partial charge on any atom is -0.358 e. The molecular weight excluding hydrogens is 362 g/mol. The number of hydrogen-bond donors (Lipinski definition) is 1. The summed E-state index contributed by atoms with van der Waals surface area (Å²) in [5.41, 5.74) is 5.72. The van der Waals surface area contributed by atoms with Gasteiger partial charge in [-0.3, -0.25) is 9.59 Å². The summed E-state index contributed by atoms with van der Waals surface area (Å²) in [6.45, 7) is 3.91. The van der Waals surface area contributed by atoms with Gasteiger partial charge in [-0.05, 0) is 30.2 Å². The third kappa shape index (κ3) is 3.11. The summed E-state index contributed by atoms with van der Waals surface area (Å²) in [6, 6.07) is 16.3. The highest BCUT2D eigenvalue weighted by Crippen LogP contribution is 2.31. The van der Waals surface area contributed by atoms with Crippen LogP contribution in [0.5, 0.6) is 0 Å². The molecule has 5 nitrogen and oxygen atoms in total. The molecule has 148 valence electrons. The predicted octanol–water partition coefficient (Wildman–Crippen LogP) is 3.67. The van der Waals surface area contributed by atoms with Gasteiger partial charge in [0.05, 0.1) is 5.92 Å². The Hall–Kier alpha value is -3.08. The number of carbonyl (C=O) groups excluding carboxylic acids is 2. The Bertz CT molecular complexity index is 1080. The zero-order valence-electron chi connectivity index (χ0n) is 16.6. The van der Waals surface area contributed by atoms with E-state index in [1.165, 1.54) is 22.2 Å². The number of para-hydroxylation sites is 1. The molecule has 2 aliphatic rings. The van der Waals surface area contributed by atoms with Crippen molar-refractivity contribution < 1.29 is 9.59 Å². The highest BCUT2D eigenvalue weighted by molar-refractivity contribution is 6.00. The minimum absolute atomic E-state index is 0.0393. The van der Waals surface area contributed by atoms with Crippen molar-refractivity contribution in [2.75, 3.05) is 18.0 Å². The first-order valence-electron chi connectivity index (χ1n) is 10.4. The quantitative estimate of drug-likeness (QED) is 0.746. The Kier molecular flexibility index (Phi) is 4.38. The largest absolute Gasteiger partial charge is 0.358 e. The summed E-state index contributed by atoms with van der Waals surface area (Å²) in [5.74, 6) is -0.126. The Labute approximate surface area is 170 Å². The van der Waals surface area contributed by atoms with Gasteiger partial charge in [-0.15, -0.1) is 0 Å². The van der Waals surface area contributed by atoms with Crippen LogP contribution < -0.4 is 4.90 Å². The number of benzene rings is 2. The van der Waals surface area contributed by atoms with Crippen molar-refractivity contribution in [2.45, 2.75) is 32.7 Å². The van der Waals surface area contributed by atoms with Gasteiger partial charge < -0.3 is 14.8 Å². The molecule has 3 heterocycles. The second kappa shape index (κ2) is 7.07. The molecule has 5 heteroatoms. The first-order valence-corrected chi connectivity index (χ1v) is 10.4. The van der Waals surface area contributed by atoms with Gasteiger partial charge in [0, 0.05) is 60.3 Å². The smallest absolute Gasteiger partial charge is 0.228 e. The van der Waals surface area contributed by atoms with Crippen LogP contribution in [0.1, 0.15) is 30.2 Å². The molecule has 0 aliphatic carbocycles. The molecule has 0 bridgehead atoms. The third-order valence-corrected chi connectivity index (χ3v) is 6.32. The summed E-state index contributed by atoms with van der Waals surface area (Å²) in [5, 5.41) is 1.19. The van der Waals surface area contributed by atoms with Crippen LogP contribution in [0.4, 0.5) is 5.69 Å². The number of rotatable bonds is 3. The Balaban J connectivity index is 1.33. The number of aromatic nitrogens is 1. The number of hydrogen-bond acceptors (Lipinski definition) is 2. The van der Waals surface area contributed by atoms with Gasteiger partial charge in [0.15, 0.2) is 0 Å². The lowest BCUT2D eigenvalue weighted by Gasteiger charge is -2.29. The molecule has 0 radical (unpaired) electrons. The molecule has 1 aromatic heterocycles. The minimum atomic E-state index is -0.264. The number of aromatic amines is 1. The van der Waals surface area contributed by atoms with Gasteiger partial charge in [-0.25, -0.2) is 0 Å². The summed E-state index contributed by atoms with van der Waals surface area (Å²) in [6.07, 6.45) is 2.10. The molecule has 1 fully saturated rings. The molecule has 0 spiro atoms. The number of anilines is 1.